The maximum Gasteiger partial charge on any atom is 0.408 e. The van der Waals surface area contributed by atoms with E-state index in [9.17, 15) is 14.4 Å². The molecule has 0 heterocycles. The summed E-state index contributed by atoms with van der Waals surface area (Å²) in [7, 11) is 0. The minimum Gasteiger partial charge on any atom is -0.444 e. The third-order valence-electron chi connectivity index (χ3n) is 6.96. The summed E-state index contributed by atoms with van der Waals surface area (Å²) in [5.74, 6) is -0.514. The summed E-state index contributed by atoms with van der Waals surface area (Å²) in [5, 5.41) is 6.01. The van der Waals surface area contributed by atoms with E-state index in [0.717, 1.165) is 54.4 Å². The van der Waals surface area contributed by atoms with Gasteiger partial charge in [-0.1, -0.05) is 87.2 Å². The van der Waals surface area contributed by atoms with Crippen LogP contribution in [0.15, 0.2) is 48.5 Å². The minimum atomic E-state index is -0.914. The number of carbonyl (C=O) groups is 3. The van der Waals surface area contributed by atoms with E-state index in [0.29, 0.717) is 6.54 Å². The van der Waals surface area contributed by atoms with Crippen molar-refractivity contribution in [1.82, 2.24) is 15.5 Å². The molecule has 226 valence electrons. The second-order valence-electron chi connectivity index (χ2n) is 12.1. The van der Waals surface area contributed by atoms with Crippen LogP contribution >= 0.6 is 0 Å². The predicted octanol–water partition coefficient (Wildman–Crippen LogP) is 6.80. The van der Waals surface area contributed by atoms with Crippen molar-refractivity contribution in [2.45, 2.75) is 118 Å². The Morgan fingerprint density at radius 1 is 0.927 bits per heavy atom. The standard InChI is InChI=1S/C34H51N3O4/c1-9-11-15-21-37(30(31(38)35-26(5)16-10-2)28-22-24(3)19-20-25(28)4)32(39)29(23-27-17-13-12-14-18-27)36-33(40)41-34(6,7)8/h12-14,17-20,22,26,29-30H,9-11,15-16,21,23H2,1-8H3,(H,35,38)(H,36,40). The first-order valence-corrected chi connectivity index (χ1v) is 15.1. The Morgan fingerprint density at radius 2 is 1.61 bits per heavy atom. The van der Waals surface area contributed by atoms with E-state index < -0.39 is 23.8 Å². The first-order chi connectivity index (χ1) is 19.4. The summed E-state index contributed by atoms with van der Waals surface area (Å²) in [4.78, 5) is 43.2. The molecule has 2 aromatic carbocycles. The molecular weight excluding hydrogens is 514 g/mol. The lowest BCUT2D eigenvalue weighted by Crippen LogP contribution is -2.54. The van der Waals surface area contributed by atoms with Gasteiger partial charge in [0.05, 0.1) is 0 Å². The second-order valence-corrected chi connectivity index (χ2v) is 12.1. The van der Waals surface area contributed by atoms with Gasteiger partial charge in [-0.25, -0.2) is 4.79 Å². The highest BCUT2D eigenvalue weighted by atomic mass is 16.6. The average Bonchev–Trinajstić information content (AvgIpc) is 2.89. The molecule has 0 saturated carbocycles. The molecule has 0 aromatic heterocycles. The molecule has 0 fully saturated rings. The summed E-state index contributed by atoms with van der Waals surface area (Å²) in [5.41, 5.74) is 2.93. The van der Waals surface area contributed by atoms with Gasteiger partial charge < -0.3 is 20.3 Å². The van der Waals surface area contributed by atoms with Crippen molar-refractivity contribution < 1.29 is 19.1 Å². The molecule has 0 aliphatic heterocycles. The predicted molar refractivity (Wildman–Crippen MR) is 166 cm³/mol. The van der Waals surface area contributed by atoms with E-state index in [1.54, 1.807) is 25.7 Å². The topological polar surface area (TPSA) is 87.7 Å². The van der Waals surface area contributed by atoms with Gasteiger partial charge in [0.25, 0.3) is 0 Å². The zero-order valence-corrected chi connectivity index (χ0v) is 26.4. The van der Waals surface area contributed by atoms with Crippen LogP contribution in [0.5, 0.6) is 0 Å². The van der Waals surface area contributed by atoms with Crippen LogP contribution < -0.4 is 10.6 Å². The van der Waals surface area contributed by atoms with Crippen LogP contribution in [-0.2, 0) is 20.7 Å². The van der Waals surface area contributed by atoms with E-state index in [-0.39, 0.29) is 24.3 Å². The number of carbonyl (C=O) groups excluding carboxylic acids is 3. The Balaban J connectivity index is 2.61. The quantitative estimate of drug-likeness (QED) is 0.247. The van der Waals surface area contributed by atoms with Gasteiger partial charge in [0.2, 0.25) is 11.8 Å². The Kier molecular flexibility index (Phi) is 13.4. The lowest BCUT2D eigenvalue weighted by atomic mass is 9.95. The van der Waals surface area contributed by atoms with Gasteiger partial charge in [-0.3, -0.25) is 9.59 Å². The van der Waals surface area contributed by atoms with Crippen molar-refractivity contribution in [2.75, 3.05) is 6.54 Å². The summed E-state index contributed by atoms with van der Waals surface area (Å²) >= 11 is 0. The molecule has 2 aromatic rings. The number of nitrogens with zero attached hydrogens (tertiary/aromatic N) is 1. The minimum absolute atomic E-state index is 0.0345. The number of rotatable bonds is 14. The first kappa shape index (κ1) is 33.9. The van der Waals surface area contributed by atoms with Gasteiger partial charge >= 0.3 is 6.09 Å². The molecule has 0 aliphatic carbocycles. The highest BCUT2D eigenvalue weighted by Crippen LogP contribution is 2.28. The molecular formula is C34H51N3O4. The van der Waals surface area contributed by atoms with Crippen molar-refractivity contribution in [3.8, 4) is 0 Å². The normalized spacial score (nSPS) is 13.6. The van der Waals surface area contributed by atoms with Crippen LogP contribution in [0.25, 0.3) is 0 Å². The van der Waals surface area contributed by atoms with Gasteiger partial charge in [-0.05, 0) is 71.1 Å². The van der Waals surface area contributed by atoms with Gasteiger partial charge in [-0.2, -0.15) is 0 Å². The van der Waals surface area contributed by atoms with Crippen molar-refractivity contribution in [2.24, 2.45) is 0 Å². The number of nitrogens with one attached hydrogen (secondary N) is 2. The van der Waals surface area contributed by atoms with Crippen LogP contribution in [0, 0.1) is 13.8 Å². The maximum absolute atomic E-state index is 14.5. The number of hydrogen-bond donors (Lipinski definition) is 2. The molecule has 3 atom stereocenters. The molecule has 2 N–H and O–H groups in total. The fourth-order valence-corrected chi connectivity index (χ4v) is 4.93. The number of alkyl carbamates (subject to hydrolysis) is 1. The molecule has 41 heavy (non-hydrogen) atoms. The molecule has 0 spiro atoms. The largest absolute Gasteiger partial charge is 0.444 e. The third-order valence-corrected chi connectivity index (χ3v) is 6.96. The van der Waals surface area contributed by atoms with E-state index in [4.69, 9.17) is 4.74 Å². The fraction of sp³-hybridized carbons (Fsp3) is 0.559. The highest BCUT2D eigenvalue weighted by molar-refractivity contribution is 5.92. The molecule has 7 heteroatoms. The molecule has 0 radical (unpaired) electrons. The number of unbranched alkanes of at least 4 members (excludes halogenated alkanes) is 2. The summed E-state index contributed by atoms with van der Waals surface area (Å²) in [6.07, 6.45) is 4.02. The van der Waals surface area contributed by atoms with Gasteiger partial charge in [0.1, 0.15) is 17.7 Å². The summed E-state index contributed by atoms with van der Waals surface area (Å²) in [6.45, 7) is 15.9. The van der Waals surface area contributed by atoms with Crippen molar-refractivity contribution in [3.05, 3.63) is 70.8 Å². The Bertz CT molecular complexity index is 1130. The number of hydrogen-bond acceptors (Lipinski definition) is 4. The van der Waals surface area contributed by atoms with Crippen LogP contribution in [-0.4, -0.2) is 47.0 Å². The molecule has 0 saturated heterocycles. The van der Waals surface area contributed by atoms with Gasteiger partial charge in [0.15, 0.2) is 0 Å². The number of amides is 3. The summed E-state index contributed by atoms with van der Waals surface area (Å²) in [6, 6.07) is 13.8. The number of benzene rings is 2. The number of aryl methyl sites for hydroxylation is 2. The third kappa shape index (κ3) is 11.2. The fourth-order valence-electron chi connectivity index (χ4n) is 4.93. The molecule has 7 nitrogen and oxygen atoms in total. The SMILES string of the molecule is CCCCCN(C(=O)C(Cc1ccccc1)NC(=O)OC(C)(C)C)C(C(=O)NC(C)CCC)c1cc(C)ccc1C. The van der Waals surface area contributed by atoms with Crippen LogP contribution in [0.1, 0.15) is 102 Å². The Labute approximate surface area is 247 Å². The van der Waals surface area contributed by atoms with E-state index in [1.807, 2.05) is 69.3 Å². The Hall–Kier alpha value is -3.35. The van der Waals surface area contributed by atoms with E-state index >= 15 is 0 Å². The van der Waals surface area contributed by atoms with Gasteiger partial charge in [0, 0.05) is 19.0 Å². The second kappa shape index (κ2) is 16.2. The van der Waals surface area contributed by atoms with Crippen molar-refractivity contribution >= 4 is 17.9 Å². The molecule has 2 rings (SSSR count). The zero-order chi connectivity index (χ0) is 30.6. The number of ether oxygens (including phenoxy) is 1. The summed E-state index contributed by atoms with van der Waals surface area (Å²) < 4.78 is 5.54. The molecule has 0 aliphatic rings. The molecule has 3 unspecified atom stereocenters. The lowest BCUT2D eigenvalue weighted by Gasteiger charge is -2.36. The Morgan fingerprint density at radius 3 is 2.22 bits per heavy atom. The molecule has 3 amide bonds. The van der Waals surface area contributed by atoms with E-state index in [2.05, 4.69) is 24.5 Å². The van der Waals surface area contributed by atoms with Crippen LogP contribution in [0.4, 0.5) is 4.79 Å². The van der Waals surface area contributed by atoms with Gasteiger partial charge in [-0.15, -0.1) is 0 Å². The zero-order valence-electron chi connectivity index (χ0n) is 26.4. The van der Waals surface area contributed by atoms with Crippen LogP contribution in [0.2, 0.25) is 0 Å². The van der Waals surface area contributed by atoms with Crippen LogP contribution in [0.3, 0.4) is 0 Å². The smallest absolute Gasteiger partial charge is 0.408 e. The highest BCUT2D eigenvalue weighted by Gasteiger charge is 2.37. The average molecular weight is 566 g/mol. The monoisotopic (exact) mass is 565 g/mol. The maximum atomic E-state index is 14.5. The first-order valence-electron chi connectivity index (χ1n) is 15.1. The van der Waals surface area contributed by atoms with Crippen molar-refractivity contribution in [3.63, 3.8) is 0 Å². The van der Waals surface area contributed by atoms with E-state index in [1.165, 1.54) is 0 Å². The molecule has 0 bridgehead atoms. The van der Waals surface area contributed by atoms with Crippen molar-refractivity contribution in [1.29, 1.82) is 0 Å². The lowest BCUT2D eigenvalue weighted by molar-refractivity contribution is -0.142.